The zero-order valence-corrected chi connectivity index (χ0v) is 16.7. The first kappa shape index (κ1) is 20.4. The third-order valence-electron chi connectivity index (χ3n) is 4.86. The standard InChI is InChI=1S/C22H19F2N5O2/c1-11-10-29-12(2)27-18(19(29)21(25)26-11)13-6-7-17(16(24)9-13)28-22(31)20(30)14-4-3-5-15(23)8-14/h3-10,20,30H,1-2H3,(H2,25,26)(H,28,31). The summed E-state index contributed by atoms with van der Waals surface area (Å²) in [5.41, 5.74) is 8.18. The number of fused-ring (bicyclic) bond motifs is 1. The monoisotopic (exact) mass is 423 g/mol. The number of halogens is 2. The number of anilines is 2. The molecule has 4 aromatic rings. The third-order valence-corrected chi connectivity index (χ3v) is 4.86. The first-order valence-corrected chi connectivity index (χ1v) is 9.40. The van der Waals surface area contributed by atoms with Crippen molar-refractivity contribution < 1.29 is 18.7 Å². The highest BCUT2D eigenvalue weighted by molar-refractivity contribution is 5.95. The number of hydrogen-bond donors (Lipinski definition) is 3. The van der Waals surface area contributed by atoms with Crippen LogP contribution in [0.3, 0.4) is 0 Å². The quantitative estimate of drug-likeness (QED) is 0.466. The molecule has 7 nitrogen and oxygen atoms in total. The molecule has 1 amide bonds. The Morgan fingerprint density at radius 2 is 1.94 bits per heavy atom. The van der Waals surface area contributed by atoms with Gasteiger partial charge in [0.2, 0.25) is 0 Å². The first-order chi connectivity index (χ1) is 14.7. The maximum absolute atomic E-state index is 14.8. The fourth-order valence-electron chi connectivity index (χ4n) is 3.40. The molecule has 2 aromatic carbocycles. The van der Waals surface area contributed by atoms with Crippen LogP contribution in [0.4, 0.5) is 20.3 Å². The van der Waals surface area contributed by atoms with Crippen molar-refractivity contribution in [2.45, 2.75) is 20.0 Å². The Bertz CT molecular complexity index is 1320. The minimum Gasteiger partial charge on any atom is -0.382 e. The first-order valence-electron chi connectivity index (χ1n) is 9.40. The van der Waals surface area contributed by atoms with Gasteiger partial charge in [0.05, 0.1) is 11.4 Å². The van der Waals surface area contributed by atoms with Crippen molar-refractivity contribution in [3.05, 3.63) is 77.4 Å². The van der Waals surface area contributed by atoms with Gasteiger partial charge in [-0.2, -0.15) is 0 Å². The fourth-order valence-corrected chi connectivity index (χ4v) is 3.40. The number of amides is 1. The van der Waals surface area contributed by atoms with Gasteiger partial charge in [0.1, 0.15) is 34.5 Å². The predicted octanol–water partition coefficient (Wildman–Crippen LogP) is 3.55. The van der Waals surface area contributed by atoms with Gasteiger partial charge in [0.25, 0.3) is 5.91 Å². The molecule has 158 valence electrons. The molecule has 1 atom stereocenters. The second-order valence-corrected chi connectivity index (χ2v) is 7.14. The van der Waals surface area contributed by atoms with Crippen LogP contribution in [0.2, 0.25) is 0 Å². The fraction of sp³-hybridized carbons (Fsp3) is 0.136. The summed E-state index contributed by atoms with van der Waals surface area (Å²) >= 11 is 0. The number of aliphatic hydroxyl groups is 1. The molecule has 0 bridgehead atoms. The summed E-state index contributed by atoms with van der Waals surface area (Å²) in [4.78, 5) is 21.0. The Balaban J connectivity index is 1.64. The highest BCUT2D eigenvalue weighted by Crippen LogP contribution is 2.31. The summed E-state index contributed by atoms with van der Waals surface area (Å²) in [6, 6.07) is 9.15. The number of aryl methyl sites for hydroxylation is 2. The molecule has 0 saturated heterocycles. The molecule has 0 fully saturated rings. The molecule has 31 heavy (non-hydrogen) atoms. The van der Waals surface area contributed by atoms with Gasteiger partial charge in [-0.3, -0.25) is 9.20 Å². The van der Waals surface area contributed by atoms with Crippen molar-refractivity contribution in [1.82, 2.24) is 14.4 Å². The van der Waals surface area contributed by atoms with E-state index in [1.54, 1.807) is 23.6 Å². The van der Waals surface area contributed by atoms with E-state index in [1.807, 2.05) is 6.92 Å². The summed E-state index contributed by atoms with van der Waals surface area (Å²) in [5.74, 6) is -1.27. The summed E-state index contributed by atoms with van der Waals surface area (Å²) < 4.78 is 29.9. The minimum absolute atomic E-state index is 0.0627. The normalized spacial score (nSPS) is 12.2. The smallest absolute Gasteiger partial charge is 0.257 e. The molecule has 4 N–H and O–H groups in total. The minimum atomic E-state index is -1.65. The van der Waals surface area contributed by atoms with Crippen LogP contribution in [0.25, 0.3) is 16.8 Å². The highest BCUT2D eigenvalue weighted by Gasteiger charge is 2.20. The van der Waals surface area contributed by atoms with Gasteiger partial charge < -0.3 is 16.2 Å². The Kier molecular flexibility index (Phi) is 5.12. The summed E-state index contributed by atoms with van der Waals surface area (Å²) in [7, 11) is 0. The number of aliphatic hydroxyl groups excluding tert-OH is 1. The van der Waals surface area contributed by atoms with Crippen molar-refractivity contribution in [1.29, 1.82) is 0 Å². The van der Waals surface area contributed by atoms with Gasteiger partial charge in [-0.05, 0) is 43.7 Å². The van der Waals surface area contributed by atoms with Crippen LogP contribution in [0.5, 0.6) is 0 Å². The molecular weight excluding hydrogens is 404 g/mol. The predicted molar refractivity (Wildman–Crippen MR) is 112 cm³/mol. The van der Waals surface area contributed by atoms with Crippen LogP contribution in [-0.4, -0.2) is 25.4 Å². The van der Waals surface area contributed by atoms with E-state index in [9.17, 15) is 18.7 Å². The number of hydrogen-bond acceptors (Lipinski definition) is 5. The maximum Gasteiger partial charge on any atom is 0.257 e. The maximum atomic E-state index is 14.8. The molecule has 2 aromatic heterocycles. The van der Waals surface area contributed by atoms with E-state index in [1.165, 1.54) is 30.3 Å². The zero-order valence-electron chi connectivity index (χ0n) is 16.7. The van der Waals surface area contributed by atoms with Crippen LogP contribution in [-0.2, 0) is 4.79 Å². The molecule has 1 unspecified atom stereocenters. The molecule has 0 saturated carbocycles. The number of carbonyl (C=O) groups is 1. The van der Waals surface area contributed by atoms with Crippen LogP contribution in [0, 0.1) is 25.5 Å². The van der Waals surface area contributed by atoms with Gasteiger partial charge in [-0.1, -0.05) is 18.2 Å². The van der Waals surface area contributed by atoms with Crippen molar-refractivity contribution in [3.63, 3.8) is 0 Å². The molecule has 0 radical (unpaired) electrons. The largest absolute Gasteiger partial charge is 0.382 e. The Labute approximate surface area is 176 Å². The lowest BCUT2D eigenvalue weighted by molar-refractivity contribution is -0.124. The second-order valence-electron chi connectivity index (χ2n) is 7.14. The molecule has 9 heteroatoms. The van der Waals surface area contributed by atoms with Crippen molar-refractivity contribution >= 4 is 22.9 Å². The molecule has 0 aliphatic rings. The van der Waals surface area contributed by atoms with Crippen LogP contribution < -0.4 is 11.1 Å². The lowest BCUT2D eigenvalue weighted by atomic mass is 10.1. The average molecular weight is 423 g/mol. The molecule has 0 spiro atoms. The van der Waals surface area contributed by atoms with Gasteiger partial charge in [-0.15, -0.1) is 0 Å². The SMILES string of the molecule is Cc1cn2c(C)nc(-c3ccc(NC(=O)C(O)c4cccc(F)c4)c(F)c3)c2c(N)n1. The van der Waals surface area contributed by atoms with E-state index >= 15 is 0 Å². The van der Waals surface area contributed by atoms with Crippen LogP contribution in [0.15, 0.2) is 48.7 Å². The van der Waals surface area contributed by atoms with Crippen molar-refractivity contribution in [3.8, 4) is 11.3 Å². The van der Waals surface area contributed by atoms with E-state index < -0.39 is 23.6 Å². The Morgan fingerprint density at radius 3 is 2.65 bits per heavy atom. The highest BCUT2D eigenvalue weighted by atomic mass is 19.1. The van der Waals surface area contributed by atoms with E-state index in [4.69, 9.17) is 5.73 Å². The molecule has 0 aliphatic heterocycles. The molecule has 2 heterocycles. The number of rotatable bonds is 4. The Hall–Kier alpha value is -3.85. The van der Waals surface area contributed by atoms with Crippen molar-refractivity contribution in [2.24, 2.45) is 0 Å². The van der Waals surface area contributed by atoms with Gasteiger partial charge >= 0.3 is 0 Å². The number of nitrogen functional groups attached to an aromatic ring is 1. The van der Waals surface area contributed by atoms with E-state index in [2.05, 4.69) is 15.3 Å². The molecular formula is C22H19F2N5O2. The summed E-state index contributed by atoms with van der Waals surface area (Å²) in [6.45, 7) is 3.61. The average Bonchev–Trinajstić information content (AvgIpc) is 3.05. The third kappa shape index (κ3) is 3.82. The van der Waals surface area contributed by atoms with Crippen LogP contribution in [0.1, 0.15) is 23.2 Å². The second kappa shape index (κ2) is 7.77. The van der Waals surface area contributed by atoms with Gasteiger partial charge in [-0.25, -0.2) is 18.7 Å². The number of nitrogens with two attached hydrogens (primary N) is 1. The Morgan fingerprint density at radius 1 is 1.16 bits per heavy atom. The number of imidazole rings is 1. The number of nitrogens with zero attached hydrogens (tertiary/aromatic N) is 3. The number of nitrogens with one attached hydrogen (secondary N) is 1. The lowest BCUT2D eigenvalue weighted by Crippen LogP contribution is -2.21. The number of aromatic nitrogens is 3. The van der Waals surface area contributed by atoms with E-state index in [0.29, 0.717) is 22.6 Å². The topological polar surface area (TPSA) is 106 Å². The lowest BCUT2D eigenvalue weighted by Gasteiger charge is -2.13. The van der Waals surface area contributed by atoms with Gasteiger partial charge in [0, 0.05) is 11.8 Å². The molecule has 0 aliphatic carbocycles. The molecule has 4 rings (SSSR count). The zero-order chi connectivity index (χ0) is 22.3. The number of benzene rings is 2. The summed E-state index contributed by atoms with van der Waals surface area (Å²) in [5, 5.41) is 12.5. The number of carbonyl (C=O) groups excluding carboxylic acids is 1. The van der Waals surface area contributed by atoms with Gasteiger partial charge in [0.15, 0.2) is 6.10 Å². The summed E-state index contributed by atoms with van der Waals surface area (Å²) in [6.07, 6.45) is 0.139. The van der Waals surface area contributed by atoms with Crippen molar-refractivity contribution in [2.75, 3.05) is 11.1 Å². The van der Waals surface area contributed by atoms with E-state index in [0.717, 1.165) is 11.8 Å². The van der Waals surface area contributed by atoms with E-state index in [-0.39, 0.29) is 17.1 Å². The van der Waals surface area contributed by atoms with Crippen LogP contribution >= 0.6 is 0 Å².